The van der Waals surface area contributed by atoms with Crippen LogP contribution in [-0.2, 0) is 6.54 Å². The van der Waals surface area contributed by atoms with Gasteiger partial charge in [-0.3, -0.25) is 4.90 Å². The Kier molecular flexibility index (Phi) is 5.00. The lowest BCUT2D eigenvalue weighted by atomic mass is 9.79. The predicted molar refractivity (Wildman–Crippen MR) is 103 cm³/mol. The van der Waals surface area contributed by atoms with E-state index in [1.54, 1.807) is 13.2 Å². The summed E-state index contributed by atoms with van der Waals surface area (Å²) in [5.41, 5.74) is 1.92. The Hall–Kier alpha value is -2.21. The van der Waals surface area contributed by atoms with Gasteiger partial charge < -0.3 is 9.64 Å². The third kappa shape index (κ3) is 3.90. The van der Waals surface area contributed by atoms with Gasteiger partial charge in [0.15, 0.2) is 5.82 Å². The zero-order valence-corrected chi connectivity index (χ0v) is 16.1. The number of hydrogen-bond donors (Lipinski definition) is 0. The van der Waals surface area contributed by atoms with Crippen molar-refractivity contribution in [2.75, 3.05) is 38.2 Å². The summed E-state index contributed by atoms with van der Waals surface area (Å²) in [5, 5.41) is 8.55. The Morgan fingerprint density at radius 3 is 2.78 bits per heavy atom. The number of ether oxygens (including phenoxy) is 1. The second-order valence-corrected chi connectivity index (χ2v) is 7.98. The number of methoxy groups -OCH3 is 1. The molecule has 2 fully saturated rings. The lowest BCUT2D eigenvalue weighted by Crippen LogP contribution is -2.44. The molecule has 0 unspecified atom stereocenters. The zero-order chi connectivity index (χ0) is 18.9. The fraction of sp³-hybridized carbons (Fsp3) is 0.524. The first kappa shape index (κ1) is 18.2. The molecule has 0 saturated carbocycles. The first-order chi connectivity index (χ1) is 13.1. The van der Waals surface area contributed by atoms with Crippen molar-refractivity contribution in [2.24, 2.45) is 5.41 Å². The van der Waals surface area contributed by atoms with E-state index >= 15 is 0 Å². The van der Waals surface area contributed by atoms with Crippen LogP contribution < -0.4 is 9.64 Å². The molecule has 2 aliphatic rings. The fourth-order valence-electron chi connectivity index (χ4n) is 4.51. The van der Waals surface area contributed by atoms with Crippen LogP contribution >= 0.6 is 0 Å². The van der Waals surface area contributed by atoms with E-state index in [1.165, 1.54) is 12.5 Å². The summed E-state index contributed by atoms with van der Waals surface area (Å²) in [7, 11) is 1.62. The lowest BCUT2D eigenvalue weighted by molar-refractivity contribution is 0.0981. The summed E-state index contributed by atoms with van der Waals surface area (Å²) in [6, 6.07) is 9.08. The highest BCUT2D eigenvalue weighted by atomic mass is 19.1. The number of halogens is 1. The van der Waals surface area contributed by atoms with Crippen LogP contribution in [0.15, 0.2) is 30.3 Å². The molecule has 0 radical (unpaired) electrons. The molecular weight excluding hydrogens is 343 g/mol. The normalized spacial score (nSPS) is 23.1. The molecule has 5 nitrogen and oxygen atoms in total. The van der Waals surface area contributed by atoms with Gasteiger partial charge in [0, 0.05) is 37.2 Å². The number of aryl methyl sites for hydroxylation is 1. The van der Waals surface area contributed by atoms with Gasteiger partial charge in [-0.15, -0.1) is 5.10 Å². The summed E-state index contributed by atoms with van der Waals surface area (Å²) < 4.78 is 19.5. The van der Waals surface area contributed by atoms with Crippen LogP contribution in [0.3, 0.4) is 0 Å². The van der Waals surface area contributed by atoms with Crippen molar-refractivity contribution >= 4 is 5.82 Å². The molecule has 2 saturated heterocycles. The molecule has 3 heterocycles. The maximum Gasteiger partial charge on any atom is 0.151 e. The first-order valence-corrected chi connectivity index (χ1v) is 9.67. The van der Waals surface area contributed by atoms with Gasteiger partial charge >= 0.3 is 0 Å². The van der Waals surface area contributed by atoms with Gasteiger partial charge in [0.1, 0.15) is 11.6 Å². The van der Waals surface area contributed by atoms with Crippen molar-refractivity contribution in [2.45, 2.75) is 32.7 Å². The van der Waals surface area contributed by atoms with Crippen molar-refractivity contribution in [3.63, 3.8) is 0 Å². The molecule has 1 spiro atoms. The van der Waals surface area contributed by atoms with Crippen LogP contribution in [0, 0.1) is 18.2 Å². The Balaban J connectivity index is 1.44. The van der Waals surface area contributed by atoms with E-state index in [0.717, 1.165) is 50.5 Å². The van der Waals surface area contributed by atoms with E-state index in [2.05, 4.69) is 26.1 Å². The number of rotatable bonds is 4. The lowest BCUT2D eigenvalue weighted by Gasteiger charge is -2.40. The summed E-state index contributed by atoms with van der Waals surface area (Å²) >= 11 is 0. The van der Waals surface area contributed by atoms with Gasteiger partial charge in [0.25, 0.3) is 0 Å². The minimum atomic E-state index is -0.154. The monoisotopic (exact) mass is 370 g/mol. The van der Waals surface area contributed by atoms with Crippen molar-refractivity contribution in [3.05, 3.63) is 47.4 Å². The predicted octanol–water partition coefficient (Wildman–Crippen LogP) is 3.43. The van der Waals surface area contributed by atoms with Crippen LogP contribution in [0.2, 0.25) is 0 Å². The van der Waals surface area contributed by atoms with Gasteiger partial charge in [0.05, 0.1) is 12.8 Å². The minimum absolute atomic E-state index is 0.154. The molecule has 27 heavy (non-hydrogen) atoms. The van der Waals surface area contributed by atoms with Crippen molar-refractivity contribution < 1.29 is 9.13 Å². The molecule has 0 aliphatic carbocycles. The fourth-order valence-corrected chi connectivity index (χ4v) is 4.51. The quantitative estimate of drug-likeness (QED) is 0.825. The number of likely N-dealkylation sites (tertiary alicyclic amines) is 1. The third-order valence-electron chi connectivity index (χ3n) is 5.93. The number of aromatic nitrogens is 2. The van der Waals surface area contributed by atoms with E-state index in [0.29, 0.717) is 17.9 Å². The summed E-state index contributed by atoms with van der Waals surface area (Å²) in [4.78, 5) is 4.74. The third-order valence-corrected chi connectivity index (χ3v) is 5.93. The SMILES string of the molecule is COc1ccc(F)c(CN2CCC[C@]3(CCN(c4ccc(C)nn4)C3)C2)c1. The van der Waals surface area contributed by atoms with Gasteiger partial charge in [-0.05, 0) is 63.1 Å². The van der Waals surface area contributed by atoms with E-state index in [4.69, 9.17) is 4.74 Å². The Labute approximate surface area is 160 Å². The van der Waals surface area contributed by atoms with E-state index in [9.17, 15) is 4.39 Å². The molecule has 0 bridgehead atoms. The van der Waals surface area contributed by atoms with E-state index < -0.39 is 0 Å². The van der Waals surface area contributed by atoms with Crippen LogP contribution in [0.1, 0.15) is 30.5 Å². The molecule has 4 rings (SSSR count). The van der Waals surface area contributed by atoms with E-state index in [-0.39, 0.29) is 11.2 Å². The van der Waals surface area contributed by atoms with Gasteiger partial charge in [0.2, 0.25) is 0 Å². The maximum atomic E-state index is 14.2. The topological polar surface area (TPSA) is 41.5 Å². The number of nitrogens with zero attached hydrogens (tertiary/aromatic N) is 4. The first-order valence-electron chi connectivity index (χ1n) is 9.67. The molecule has 144 valence electrons. The highest BCUT2D eigenvalue weighted by Crippen LogP contribution is 2.40. The zero-order valence-electron chi connectivity index (χ0n) is 16.1. The van der Waals surface area contributed by atoms with Crippen LogP contribution in [-0.4, -0.2) is 48.4 Å². The second kappa shape index (κ2) is 7.43. The highest BCUT2D eigenvalue weighted by molar-refractivity contribution is 5.39. The van der Waals surface area contributed by atoms with Gasteiger partial charge in [-0.25, -0.2) is 4.39 Å². The molecule has 0 N–H and O–H groups in total. The van der Waals surface area contributed by atoms with Gasteiger partial charge in [-0.1, -0.05) is 0 Å². The summed E-state index contributed by atoms with van der Waals surface area (Å²) in [6.45, 7) is 6.62. The van der Waals surface area contributed by atoms with Crippen molar-refractivity contribution in [1.82, 2.24) is 15.1 Å². The molecule has 1 aromatic carbocycles. The molecule has 2 aliphatic heterocycles. The Morgan fingerprint density at radius 1 is 1.11 bits per heavy atom. The summed E-state index contributed by atoms with van der Waals surface area (Å²) in [6.07, 6.45) is 3.53. The smallest absolute Gasteiger partial charge is 0.151 e. The average Bonchev–Trinajstić information content (AvgIpc) is 3.07. The Morgan fingerprint density at radius 2 is 2.00 bits per heavy atom. The highest BCUT2D eigenvalue weighted by Gasteiger charge is 2.41. The molecular formula is C21H27FN4O. The molecule has 2 aromatic rings. The van der Waals surface area contributed by atoms with Gasteiger partial charge in [-0.2, -0.15) is 5.10 Å². The molecule has 1 aromatic heterocycles. The minimum Gasteiger partial charge on any atom is -0.497 e. The standard InChI is InChI=1S/C21H27FN4O/c1-16-4-7-20(24-23-16)26-11-9-21(15-26)8-3-10-25(14-21)13-17-12-18(27-2)5-6-19(17)22/h4-7,12H,3,8-11,13-15H2,1-2H3/t21-/m0/s1. The number of hydrogen-bond acceptors (Lipinski definition) is 5. The molecule has 6 heteroatoms. The van der Waals surface area contributed by atoms with Crippen molar-refractivity contribution in [3.8, 4) is 5.75 Å². The second-order valence-electron chi connectivity index (χ2n) is 7.98. The van der Waals surface area contributed by atoms with Crippen LogP contribution in [0.25, 0.3) is 0 Å². The average molecular weight is 370 g/mol. The summed E-state index contributed by atoms with van der Waals surface area (Å²) in [5.74, 6) is 1.52. The van der Waals surface area contributed by atoms with Crippen LogP contribution in [0.5, 0.6) is 5.75 Å². The molecule has 1 atom stereocenters. The number of anilines is 1. The van der Waals surface area contributed by atoms with E-state index in [1.807, 2.05) is 19.1 Å². The largest absolute Gasteiger partial charge is 0.497 e. The number of piperidine rings is 1. The van der Waals surface area contributed by atoms with Crippen LogP contribution in [0.4, 0.5) is 10.2 Å². The number of benzene rings is 1. The Bertz CT molecular complexity index is 797. The van der Waals surface area contributed by atoms with Crippen molar-refractivity contribution in [1.29, 1.82) is 0 Å². The molecule has 0 amide bonds. The maximum absolute atomic E-state index is 14.2.